The number of aliphatic hydroxyl groups is 2. The largest absolute Gasteiger partial charge is 0.390 e. The van der Waals surface area contributed by atoms with Crippen molar-refractivity contribution in [1.82, 2.24) is 9.38 Å². The van der Waals surface area contributed by atoms with Crippen molar-refractivity contribution in [2.45, 2.75) is 38.4 Å². The van der Waals surface area contributed by atoms with Crippen molar-refractivity contribution in [2.24, 2.45) is 0 Å². The molecular formula is C11H16N2O2S. The lowest BCUT2D eigenvalue weighted by Crippen LogP contribution is -2.27. The summed E-state index contributed by atoms with van der Waals surface area (Å²) in [5.41, 5.74) is 0.828. The van der Waals surface area contributed by atoms with Gasteiger partial charge in [0.1, 0.15) is 0 Å². The molecule has 5 heteroatoms. The van der Waals surface area contributed by atoms with Crippen LogP contribution in [-0.2, 0) is 6.42 Å². The molecule has 2 heterocycles. The Morgan fingerprint density at radius 1 is 1.44 bits per heavy atom. The number of aromatic nitrogens is 2. The highest BCUT2D eigenvalue weighted by atomic mass is 32.1. The van der Waals surface area contributed by atoms with E-state index in [-0.39, 0.29) is 0 Å². The number of imidazole rings is 1. The van der Waals surface area contributed by atoms with E-state index in [1.54, 1.807) is 11.3 Å². The highest BCUT2D eigenvalue weighted by molar-refractivity contribution is 7.15. The van der Waals surface area contributed by atoms with E-state index < -0.39 is 12.2 Å². The lowest BCUT2D eigenvalue weighted by Gasteiger charge is -2.15. The quantitative estimate of drug-likeness (QED) is 0.832. The van der Waals surface area contributed by atoms with E-state index in [9.17, 15) is 10.2 Å². The number of fused-ring (bicyclic) bond motifs is 1. The molecule has 2 unspecified atom stereocenters. The average molecular weight is 240 g/mol. The van der Waals surface area contributed by atoms with Crippen LogP contribution in [0.25, 0.3) is 4.96 Å². The lowest BCUT2D eigenvalue weighted by atomic mass is 10.1. The van der Waals surface area contributed by atoms with E-state index in [2.05, 4.69) is 4.98 Å². The van der Waals surface area contributed by atoms with Crippen LogP contribution in [-0.4, -0.2) is 31.8 Å². The second kappa shape index (κ2) is 4.95. The summed E-state index contributed by atoms with van der Waals surface area (Å²) >= 11 is 1.56. The second-order valence-electron chi connectivity index (χ2n) is 3.95. The maximum absolute atomic E-state index is 9.77. The van der Waals surface area contributed by atoms with Gasteiger partial charge in [0.25, 0.3) is 0 Å². The molecule has 4 nitrogen and oxygen atoms in total. The van der Waals surface area contributed by atoms with Gasteiger partial charge in [-0.3, -0.25) is 4.40 Å². The van der Waals surface area contributed by atoms with Crippen LogP contribution in [0, 0.1) is 0 Å². The Bertz CT molecular complexity index is 423. The number of rotatable bonds is 5. The molecular weight excluding hydrogens is 224 g/mol. The van der Waals surface area contributed by atoms with E-state index in [1.165, 1.54) is 0 Å². The van der Waals surface area contributed by atoms with Crippen molar-refractivity contribution in [3.8, 4) is 0 Å². The molecule has 0 amide bonds. The molecule has 0 aliphatic rings. The van der Waals surface area contributed by atoms with Gasteiger partial charge in [0.15, 0.2) is 4.96 Å². The fraction of sp³-hybridized carbons (Fsp3) is 0.545. The average Bonchev–Trinajstić information content (AvgIpc) is 2.78. The molecule has 0 fully saturated rings. The predicted octanol–water partition coefficient (Wildman–Crippen LogP) is 1.46. The minimum atomic E-state index is -0.718. The van der Waals surface area contributed by atoms with Crippen molar-refractivity contribution in [3.63, 3.8) is 0 Å². The minimum absolute atomic E-state index is 0.412. The summed E-state index contributed by atoms with van der Waals surface area (Å²) in [6.45, 7) is 1.99. The Balaban J connectivity index is 2.01. The maximum atomic E-state index is 9.77. The monoisotopic (exact) mass is 240 g/mol. The van der Waals surface area contributed by atoms with Gasteiger partial charge in [0.2, 0.25) is 0 Å². The van der Waals surface area contributed by atoms with Gasteiger partial charge in [-0.2, -0.15) is 0 Å². The third kappa shape index (κ3) is 2.42. The van der Waals surface area contributed by atoms with Gasteiger partial charge < -0.3 is 10.2 Å². The predicted molar refractivity (Wildman–Crippen MR) is 63.7 cm³/mol. The number of aliphatic hydroxyl groups excluding tert-OH is 2. The molecule has 0 saturated heterocycles. The minimum Gasteiger partial charge on any atom is -0.390 e. The van der Waals surface area contributed by atoms with Crippen LogP contribution in [0.5, 0.6) is 0 Å². The van der Waals surface area contributed by atoms with Gasteiger partial charge in [-0.25, -0.2) is 4.98 Å². The highest BCUT2D eigenvalue weighted by Crippen LogP contribution is 2.14. The molecule has 2 N–H and O–H groups in total. The Kier molecular flexibility index (Phi) is 3.58. The van der Waals surface area contributed by atoms with Gasteiger partial charge in [-0.15, -0.1) is 11.3 Å². The van der Waals surface area contributed by atoms with Gasteiger partial charge in [0, 0.05) is 24.2 Å². The summed E-state index contributed by atoms with van der Waals surface area (Å²) in [5.74, 6) is 0. The zero-order chi connectivity index (χ0) is 11.5. The summed E-state index contributed by atoms with van der Waals surface area (Å²) < 4.78 is 1.93. The number of hydrogen-bond donors (Lipinski definition) is 2. The molecule has 2 aromatic heterocycles. The van der Waals surface area contributed by atoms with Crippen LogP contribution in [0.15, 0.2) is 17.8 Å². The fourth-order valence-electron chi connectivity index (χ4n) is 1.71. The molecule has 0 aromatic carbocycles. The highest BCUT2D eigenvalue weighted by Gasteiger charge is 2.17. The van der Waals surface area contributed by atoms with E-state index in [1.807, 2.05) is 29.1 Å². The first kappa shape index (κ1) is 11.6. The lowest BCUT2D eigenvalue weighted by molar-refractivity contribution is 0.0144. The van der Waals surface area contributed by atoms with E-state index in [4.69, 9.17) is 0 Å². The molecule has 0 bridgehead atoms. The van der Waals surface area contributed by atoms with Crippen molar-refractivity contribution in [2.75, 3.05) is 0 Å². The smallest absolute Gasteiger partial charge is 0.193 e. The van der Waals surface area contributed by atoms with Gasteiger partial charge in [-0.05, 0) is 6.42 Å². The van der Waals surface area contributed by atoms with E-state index >= 15 is 0 Å². The molecule has 88 valence electrons. The number of nitrogens with zero attached hydrogens (tertiary/aromatic N) is 2. The van der Waals surface area contributed by atoms with Crippen molar-refractivity contribution in [3.05, 3.63) is 23.5 Å². The third-order valence-corrected chi connectivity index (χ3v) is 3.36. The molecule has 2 aromatic rings. The van der Waals surface area contributed by atoms with Crippen LogP contribution in [0.3, 0.4) is 0 Å². The van der Waals surface area contributed by atoms with Crippen LogP contribution in [0.1, 0.15) is 25.5 Å². The molecule has 0 saturated carbocycles. The Morgan fingerprint density at radius 3 is 2.94 bits per heavy atom. The summed E-state index contributed by atoms with van der Waals surface area (Å²) in [7, 11) is 0. The molecule has 0 spiro atoms. The molecule has 2 rings (SSSR count). The Labute approximate surface area is 98.2 Å². The van der Waals surface area contributed by atoms with Gasteiger partial charge >= 0.3 is 0 Å². The summed E-state index contributed by atoms with van der Waals surface area (Å²) in [5, 5.41) is 21.4. The first-order valence-electron chi connectivity index (χ1n) is 5.48. The SMILES string of the molecule is CCCC(O)C(O)Cc1cn2ccsc2n1. The van der Waals surface area contributed by atoms with E-state index in [0.29, 0.717) is 12.8 Å². The Hall–Kier alpha value is -0.910. The van der Waals surface area contributed by atoms with Crippen LogP contribution < -0.4 is 0 Å². The summed E-state index contributed by atoms with van der Waals surface area (Å²) in [6.07, 6.45) is 4.38. The van der Waals surface area contributed by atoms with Crippen molar-refractivity contribution >= 4 is 16.3 Å². The standard InChI is InChI=1S/C11H16N2O2S/c1-2-3-9(14)10(15)6-8-7-13-4-5-16-11(13)12-8/h4-5,7,9-10,14-15H,2-3,6H2,1H3. The third-order valence-electron chi connectivity index (χ3n) is 2.59. The van der Waals surface area contributed by atoms with Crippen molar-refractivity contribution in [1.29, 1.82) is 0 Å². The topological polar surface area (TPSA) is 57.8 Å². The molecule has 0 radical (unpaired) electrons. The first-order valence-corrected chi connectivity index (χ1v) is 6.36. The second-order valence-corrected chi connectivity index (χ2v) is 4.83. The van der Waals surface area contributed by atoms with Gasteiger partial charge in [0.05, 0.1) is 17.9 Å². The number of hydrogen-bond acceptors (Lipinski definition) is 4. The molecule has 0 aliphatic heterocycles. The van der Waals surface area contributed by atoms with Crippen LogP contribution in [0.4, 0.5) is 0 Å². The first-order chi connectivity index (χ1) is 7.70. The normalized spacial score (nSPS) is 15.4. The van der Waals surface area contributed by atoms with Crippen LogP contribution >= 0.6 is 11.3 Å². The zero-order valence-electron chi connectivity index (χ0n) is 9.21. The number of thiazole rings is 1. The van der Waals surface area contributed by atoms with E-state index in [0.717, 1.165) is 17.1 Å². The molecule has 0 aliphatic carbocycles. The summed E-state index contributed by atoms with van der Waals surface area (Å²) in [4.78, 5) is 5.29. The fourth-order valence-corrected chi connectivity index (χ4v) is 2.43. The molecule has 16 heavy (non-hydrogen) atoms. The van der Waals surface area contributed by atoms with Crippen LogP contribution in [0.2, 0.25) is 0 Å². The Morgan fingerprint density at radius 2 is 2.25 bits per heavy atom. The maximum Gasteiger partial charge on any atom is 0.193 e. The molecule has 2 atom stereocenters. The summed E-state index contributed by atoms with van der Waals surface area (Å²) in [6, 6.07) is 0. The van der Waals surface area contributed by atoms with Crippen molar-refractivity contribution < 1.29 is 10.2 Å². The zero-order valence-corrected chi connectivity index (χ0v) is 10.0. The van der Waals surface area contributed by atoms with Gasteiger partial charge in [-0.1, -0.05) is 13.3 Å².